The van der Waals surface area contributed by atoms with Crippen LogP contribution in [0.5, 0.6) is 0 Å². The summed E-state index contributed by atoms with van der Waals surface area (Å²) in [6, 6.07) is 0. The first kappa shape index (κ1) is 47.9. The van der Waals surface area contributed by atoms with Crippen molar-refractivity contribution in [3.05, 3.63) is 0 Å². The lowest BCUT2D eigenvalue weighted by molar-refractivity contribution is -0.144. The molecular weight excluding hydrogens is 604 g/mol. The third kappa shape index (κ3) is 44.9. The molecular formula is C45H88O4. The van der Waals surface area contributed by atoms with E-state index < -0.39 is 5.97 Å². The van der Waals surface area contributed by atoms with Crippen molar-refractivity contribution >= 4 is 11.9 Å². The van der Waals surface area contributed by atoms with E-state index in [-0.39, 0.29) is 5.97 Å². The monoisotopic (exact) mass is 693 g/mol. The van der Waals surface area contributed by atoms with Gasteiger partial charge in [0.05, 0.1) is 6.61 Å². The van der Waals surface area contributed by atoms with Crippen molar-refractivity contribution in [1.29, 1.82) is 0 Å². The van der Waals surface area contributed by atoms with Gasteiger partial charge in [0.1, 0.15) is 0 Å². The molecule has 49 heavy (non-hydrogen) atoms. The van der Waals surface area contributed by atoms with Crippen molar-refractivity contribution in [2.24, 2.45) is 0 Å². The first-order valence-electron chi connectivity index (χ1n) is 22.5. The van der Waals surface area contributed by atoms with Crippen LogP contribution < -0.4 is 0 Å². The Morgan fingerprint density at radius 2 is 0.551 bits per heavy atom. The van der Waals surface area contributed by atoms with Crippen molar-refractivity contribution < 1.29 is 19.4 Å². The maximum Gasteiger partial charge on any atom is 0.305 e. The second kappa shape index (κ2) is 43.1. The van der Waals surface area contributed by atoms with E-state index in [4.69, 9.17) is 9.84 Å². The maximum absolute atomic E-state index is 11.9. The van der Waals surface area contributed by atoms with Crippen molar-refractivity contribution in [3.63, 3.8) is 0 Å². The van der Waals surface area contributed by atoms with Gasteiger partial charge in [-0.1, -0.05) is 238 Å². The van der Waals surface area contributed by atoms with Crippen LogP contribution in [0.3, 0.4) is 0 Å². The fourth-order valence-corrected chi connectivity index (χ4v) is 7.17. The summed E-state index contributed by atoms with van der Waals surface area (Å²) in [6.07, 6.45) is 53.1. The van der Waals surface area contributed by atoms with E-state index in [1.165, 1.54) is 225 Å². The van der Waals surface area contributed by atoms with Crippen LogP contribution >= 0.6 is 0 Å². The average molecular weight is 693 g/mol. The molecule has 0 aromatic carbocycles. The molecule has 0 aromatic heterocycles. The van der Waals surface area contributed by atoms with Crippen molar-refractivity contribution in [1.82, 2.24) is 0 Å². The minimum absolute atomic E-state index is 0.0192. The fraction of sp³-hybridized carbons (Fsp3) is 0.956. The number of carbonyl (C=O) groups excluding carboxylic acids is 1. The van der Waals surface area contributed by atoms with Crippen LogP contribution in [0.1, 0.15) is 270 Å². The van der Waals surface area contributed by atoms with Gasteiger partial charge in [-0.05, 0) is 19.3 Å². The summed E-state index contributed by atoms with van der Waals surface area (Å²) in [6.45, 7) is 2.89. The second-order valence-electron chi connectivity index (χ2n) is 15.5. The normalized spacial score (nSPS) is 11.4. The Morgan fingerprint density at radius 1 is 0.327 bits per heavy atom. The number of hydrogen-bond acceptors (Lipinski definition) is 3. The van der Waals surface area contributed by atoms with Crippen molar-refractivity contribution in [2.45, 2.75) is 270 Å². The number of ether oxygens (including phenoxy) is 1. The number of esters is 1. The zero-order valence-electron chi connectivity index (χ0n) is 33.4. The van der Waals surface area contributed by atoms with Crippen molar-refractivity contribution in [3.8, 4) is 0 Å². The van der Waals surface area contributed by atoms with Crippen LogP contribution in [-0.4, -0.2) is 23.7 Å². The molecule has 0 aliphatic rings. The summed E-state index contributed by atoms with van der Waals surface area (Å²) in [5, 5.41) is 8.65. The molecule has 292 valence electrons. The quantitative estimate of drug-likeness (QED) is 0.0510. The van der Waals surface area contributed by atoms with Gasteiger partial charge in [-0.2, -0.15) is 0 Å². The standard InChI is InChI=1S/C45H88O4/c1-2-3-4-5-6-29-33-36-39-42-45(48)49-43-40-37-34-31-28-26-24-22-20-18-16-14-12-10-8-7-9-11-13-15-17-19-21-23-25-27-30-32-35-38-41-44(46)47/h2-43H2,1H3,(H,46,47). The highest BCUT2D eigenvalue weighted by atomic mass is 16.5. The first-order valence-corrected chi connectivity index (χ1v) is 22.5. The molecule has 4 nitrogen and oxygen atoms in total. The van der Waals surface area contributed by atoms with E-state index in [1.807, 2.05) is 0 Å². The highest BCUT2D eigenvalue weighted by Crippen LogP contribution is 2.17. The Hall–Kier alpha value is -1.06. The van der Waals surface area contributed by atoms with E-state index in [9.17, 15) is 9.59 Å². The molecule has 0 saturated carbocycles. The average Bonchev–Trinajstić information content (AvgIpc) is 3.09. The Labute approximate surface area is 307 Å². The van der Waals surface area contributed by atoms with Gasteiger partial charge in [-0.15, -0.1) is 0 Å². The molecule has 0 fully saturated rings. The number of carboxylic acids is 1. The summed E-state index contributed by atoms with van der Waals surface area (Å²) in [4.78, 5) is 22.4. The molecule has 1 N–H and O–H groups in total. The van der Waals surface area contributed by atoms with Crippen LogP contribution in [0.2, 0.25) is 0 Å². The van der Waals surface area contributed by atoms with Crippen LogP contribution in [0.4, 0.5) is 0 Å². The van der Waals surface area contributed by atoms with Crippen LogP contribution in [0.25, 0.3) is 0 Å². The summed E-state index contributed by atoms with van der Waals surface area (Å²) >= 11 is 0. The molecule has 0 saturated heterocycles. The lowest BCUT2D eigenvalue weighted by Gasteiger charge is -2.06. The summed E-state index contributed by atoms with van der Waals surface area (Å²) in [5.41, 5.74) is 0. The number of rotatable bonds is 43. The van der Waals surface area contributed by atoms with Crippen LogP contribution in [0.15, 0.2) is 0 Å². The van der Waals surface area contributed by atoms with Gasteiger partial charge in [0.15, 0.2) is 0 Å². The molecule has 4 heteroatoms. The molecule has 0 rings (SSSR count). The van der Waals surface area contributed by atoms with Crippen LogP contribution in [0, 0.1) is 0 Å². The molecule has 0 aromatic rings. The molecule has 0 amide bonds. The number of carbonyl (C=O) groups is 2. The van der Waals surface area contributed by atoms with Crippen LogP contribution in [-0.2, 0) is 14.3 Å². The fourth-order valence-electron chi connectivity index (χ4n) is 7.17. The Morgan fingerprint density at radius 3 is 0.816 bits per heavy atom. The molecule has 0 heterocycles. The van der Waals surface area contributed by atoms with Gasteiger partial charge in [0, 0.05) is 12.8 Å². The van der Waals surface area contributed by atoms with Gasteiger partial charge in [0.2, 0.25) is 0 Å². The number of unbranched alkanes of at least 4 members (excludes halogenated alkanes) is 37. The Balaban J connectivity index is 3.11. The van der Waals surface area contributed by atoms with Gasteiger partial charge < -0.3 is 9.84 Å². The zero-order chi connectivity index (χ0) is 35.6. The topological polar surface area (TPSA) is 63.6 Å². The largest absolute Gasteiger partial charge is 0.481 e. The third-order valence-corrected chi connectivity index (χ3v) is 10.5. The maximum atomic E-state index is 11.9. The lowest BCUT2D eigenvalue weighted by atomic mass is 10.0. The summed E-state index contributed by atoms with van der Waals surface area (Å²) in [7, 11) is 0. The van der Waals surface area contributed by atoms with Gasteiger partial charge in [0.25, 0.3) is 0 Å². The zero-order valence-corrected chi connectivity index (χ0v) is 33.4. The summed E-state index contributed by atoms with van der Waals surface area (Å²) in [5.74, 6) is -0.633. The molecule has 0 spiro atoms. The highest BCUT2D eigenvalue weighted by molar-refractivity contribution is 5.69. The van der Waals surface area contributed by atoms with E-state index in [0.29, 0.717) is 19.4 Å². The third-order valence-electron chi connectivity index (χ3n) is 10.5. The van der Waals surface area contributed by atoms with E-state index in [1.54, 1.807) is 0 Å². The molecule has 0 aliphatic carbocycles. The predicted octanol–water partition coefficient (Wildman–Crippen LogP) is 15.6. The molecule has 0 aliphatic heterocycles. The summed E-state index contributed by atoms with van der Waals surface area (Å²) < 4.78 is 5.44. The molecule has 0 radical (unpaired) electrons. The lowest BCUT2D eigenvalue weighted by Crippen LogP contribution is -2.05. The second-order valence-corrected chi connectivity index (χ2v) is 15.5. The SMILES string of the molecule is CCCCCCCCCCCC(=O)OCCCCCCCCCCCCCCCCCCCCCCCCCCCCCCCCC(=O)O. The Kier molecular flexibility index (Phi) is 42.2. The first-order chi connectivity index (χ1) is 24.2. The van der Waals surface area contributed by atoms with E-state index in [0.717, 1.165) is 25.7 Å². The van der Waals surface area contributed by atoms with Gasteiger partial charge in [-0.3, -0.25) is 9.59 Å². The predicted molar refractivity (Wildman–Crippen MR) is 214 cm³/mol. The van der Waals surface area contributed by atoms with Gasteiger partial charge >= 0.3 is 11.9 Å². The van der Waals surface area contributed by atoms with E-state index >= 15 is 0 Å². The molecule has 0 atom stereocenters. The number of aliphatic carboxylic acids is 1. The Bertz CT molecular complexity index is 648. The van der Waals surface area contributed by atoms with Crippen molar-refractivity contribution in [2.75, 3.05) is 6.61 Å². The smallest absolute Gasteiger partial charge is 0.305 e. The minimum atomic E-state index is -0.652. The minimum Gasteiger partial charge on any atom is -0.481 e. The number of hydrogen-bond donors (Lipinski definition) is 1. The highest BCUT2D eigenvalue weighted by Gasteiger charge is 2.03. The molecule has 0 bridgehead atoms. The number of carboxylic acid groups (broad SMARTS) is 1. The van der Waals surface area contributed by atoms with Gasteiger partial charge in [-0.25, -0.2) is 0 Å². The van der Waals surface area contributed by atoms with E-state index in [2.05, 4.69) is 6.92 Å². The molecule has 0 unspecified atom stereocenters.